The van der Waals surface area contributed by atoms with Crippen molar-refractivity contribution in [1.29, 1.82) is 0 Å². The summed E-state index contributed by atoms with van der Waals surface area (Å²) < 4.78 is 0. The van der Waals surface area contributed by atoms with Gasteiger partial charge in [-0.05, 0) is 180 Å². The predicted molar refractivity (Wildman–Crippen MR) is 179 cm³/mol. The fourth-order valence-electron chi connectivity index (χ4n) is 8.42. The molecule has 0 heterocycles. The molecule has 0 unspecified atom stereocenters. The van der Waals surface area contributed by atoms with Crippen LogP contribution in [-0.2, 0) is 5.41 Å². The maximum Gasteiger partial charge on any atom is 0.0658 e. The van der Waals surface area contributed by atoms with E-state index in [-0.39, 0.29) is 5.41 Å². The van der Waals surface area contributed by atoms with Gasteiger partial charge in [-0.1, -0.05) is 60.7 Å². The second kappa shape index (κ2) is 8.56. The molecule has 0 aliphatic heterocycles. The van der Waals surface area contributed by atoms with Crippen LogP contribution in [0.15, 0.2) is 54.6 Å². The fourth-order valence-corrected chi connectivity index (χ4v) is 8.42. The number of hydrogen-bond acceptors (Lipinski definition) is 0. The molecule has 0 fully saturated rings. The average Bonchev–Trinajstić information content (AvgIpc) is 3.33. The van der Waals surface area contributed by atoms with E-state index in [0.717, 1.165) is 0 Å². The van der Waals surface area contributed by atoms with Crippen LogP contribution in [0, 0.1) is 55.4 Å². The molecule has 5 aromatic rings. The first-order valence-electron chi connectivity index (χ1n) is 15.1. The standard InChI is InChI=1S/C41H40/c1-21-23(3)29(9)39-37(25(21)5)27(7)28(8)38-26(6)22(2)24(4)30(10)40(38)41(39)20-19-35-34-16-15-31-13-11-12-14-32(31)33(34)17-18-36(35)41/h11-20H,1-10H3. The molecular weight excluding hydrogens is 492 g/mol. The minimum Gasteiger partial charge on any atom is -0.0645 e. The monoisotopic (exact) mass is 532 g/mol. The molecule has 0 aromatic heterocycles. The van der Waals surface area contributed by atoms with Crippen LogP contribution in [-0.4, -0.2) is 0 Å². The van der Waals surface area contributed by atoms with Gasteiger partial charge in [-0.3, -0.25) is 0 Å². The maximum absolute atomic E-state index is 2.57. The zero-order valence-corrected chi connectivity index (χ0v) is 26.3. The van der Waals surface area contributed by atoms with Gasteiger partial charge in [0, 0.05) is 0 Å². The van der Waals surface area contributed by atoms with Crippen LogP contribution in [0.25, 0.3) is 38.8 Å². The lowest BCUT2D eigenvalue weighted by atomic mass is 9.63. The highest BCUT2D eigenvalue weighted by molar-refractivity contribution is 6.11. The van der Waals surface area contributed by atoms with Crippen molar-refractivity contribution in [2.24, 2.45) is 0 Å². The van der Waals surface area contributed by atoms with Crippen molar-refractivity contribution in [3.63, 3.8) is 0 Å². The zero-order chi connectivity index (χ0) is 29.1. The zero-order valence-electron chi connectivity index (χ0n) is 26.3. The van der Waals surface area contributed by atoms with Gasteiger partial charge in [0.15, 0.2) is 0 Å². The van der Waals surface area contributed by atoms with Gasteiger partial charge in [-0.25, -0.2) is 0 Å². The van der Waals surface area contributed by atoms with Crippen LogP contribution in [0.4, 0.5) is 0 Å². The van der Waals surface area contributed by atoms with Crippen LogP contribution in [0.2, 0.25) is 0 Å². The van der Waals surface area contributed by atoms with E-state index < -0.39 is 0 Å². The van der Waals surface area contributed by atoms with Crippen molar-refractivity contribution in [3.05, 3.63) is 132 Å². The Bertz CT molecular complexity index is 1990. The molecule has 5 aromatic carbocycles. The lowest BCUT2D eigenvalue weighted by Gasteiger charge is -2.38. The highest BCUT2D eigenvalue weighted by atomic mass is 14.5. The molecule has 0 saturated heterocycles. The largest absolute Gasteiger partial charge is 0.0658 e. The van der Waals surface area contributed by atoms with Crippen molar-refractivity contribution in [2.75, 3.05) is 0 Å². The van der Waals surface area contributed by atoms with E-state index in [1.54, 1.807) is 0 Å². The van der Waals surface area contributed by atoms with Crippen LogP contribution in [0.1, 0.15) is 91.7 Å². The number of fused-ring (bicyclic) bond motifs is 10. The molecule has 204 valence electrons. The van der Waals surface area contributed by atoms with E-state index in [0.29, 0.717) is 0 Å². The third-order valence-corrected chi connectivity index (χ3v) is 11.4. The summed E-state index contributed by atoms with van der Waals surface area (Å²) in [6, 6.07) is 18.3. The minimum absolute atomic E-state index is 0.362. The van der Waals surface area contributed by atoms with Crippen molar-refractivity contribution >= 4 is 38.8 Å². The summed E-state index contributed by atoms with van der Waals surface area (Å²) in [4.78, 5) is 0. The molecule has 0 heteroatoms. The van der Waals surface area contributed by atoms with Crippen LogP contribution < -0.4 is 0 Å². The quantitative estimate of drug-likeness (QED) is 0.174. The lowest BCUT2D eigenvalue weighted by molar-refractivity contribution is 0.767. The molecule has 0 saturated carbocycles. The van der Waals surface area contributed by atoms with Gasteiger partial charge >= 0.3 is 0 Å². The molecule has 0 N–H and O–H groups in total. The smallest absolute Gasteiger partial charge is 0.0645 e. The maximum atomic E-state index is 2.57. The molecule has 0 bridgehead atoms. The Morgan fingerprint density at radius 1 is 0.439 bits per heavy atom. The summed E-state index contributed by atoms with van der Waals surface area (Å²) in [7, 11) is 0. The first kappa shape index (κ1) is 26.0. The van der Waals surface area contributed by atoms with Crippen LogP contribution >= 0.6 is 0 Å². The molecular formula is C41H40. The Morgan fingerprint density at radius 3 is 1.54 bits per heavy atom. The summed E-state index contributed by atoms with van der Waals surface area (Å²) in [6.07, 6.45) is 5.02. The van der Waals surface area contributed by atoms with Gasteiger partial charge in [0.05, 0.1) is 5.41 Å². The third kappa shape index (κ3) is 3.06. The topological polar surface area (TPSA) is 0 Å². The Morgan fingerprint density at radius 2 is 0.951 bits per heavy atom. The van der Waals surface area contributed by atoms with Crippen LogP contribution in [0.5, 0.6) is 0 Å². The Balaban J connectivity index is 1.75. The summed E-state index contributed by atoms with van der Waals surface area (Å²) in [5.41, 5.74) is 22.5. The number of benzene rings is 5. The predicted octanol–water partition coefficient (Wildman–Crippen LogP) is 11.1. The molecule has 2 aliphatic rings. The molecule has 0 radical (unpaired) electrons. The van der Waals surface area contributed by atoms with Gasteiger partial charge in [0.25, 0.3) is 0 Å². The third-order valence-electron chi connectivity index (χ3n) is 11.4. The number of hydrogen-bond donors (Lipinski definition) is 0. The lowest BCUT2D eigenvalue weighted by Crippen LogP contribution is -2.31. The van der Waals surface area contributed by atoms with Crippen molar-refractivity contribution in [1.82, 2.24) is 0 Å². The normalized spacial score (nSPS) is 15.1. The minimum atomic E-state index is -0.362. The SMILES string of the molecule is CC1=C(C)c2c(C)c(C)c(C)c(C)c2C2(C=Cc3c2ccc2c3ccc3ccccc32)c2c(C)c(C)c(C)c(C)c21. The van der Waals surface area contributed by atoms with Gasteiger partial charge < -0.3 is 0 Å². The highest BCUT2D eigenvalue weighted by Crippen LogP contribution is 2.58. The van der Waals surface area contributed by atoms with Crippen molar-refractivity contribution in [2.45, 2.75) is 74.7 Å². The Hall–Kier alpha value is -3.90. The van der Waals surface area contributed by atoms with Crippen molar-refractivity contribution in [3.8, 4) is 0 Å². The average molecular weight is 533 g/mol. The molecule has 0 atom stereocenters. The van der Waals surface area contributed by atoms with E-state index >= 15 is 0 Å². The van der Waals surface area contributed by atoms with Gasteiger partial charge in [0.1, 0.15) is 0 Å². The first-order valence-corrected chi connectivity index (χ1v) is 15.1. The molecule has 0 nitrogen and oxygen atoms in total. The summed E-state index contributed by atoms with van der Waals surface area (Å²) >= 11 is 0. The van der Waals surface area contributed by atoms with Gasteiger partial charge in [-0.15, -0.1) is 0 Å². The molecule has 0 amide bonds. The number of rotatable bonds is 0. The van der Waals surface area contributed by atoms with Gasteiger partial charge in [0.2, 0.25) is 0 Å². The number of allylic oxidation sites excluding steroid dienone is 3. The van der Waals surface area contributed by atoms with E-state index in [1.165, 1.54) is 111 Å². The summed E-state index contributed by atoms with van der Waals surface area (Å²) in [5, 5.41) is 5.31. The second-order valence-corrected chi connectivity index (χ2v) is 12.8. The second-order valence-electron chi connectivity index (χ2n) is 12.8. The van der Waals surface area contributed by atoms with E-state index in [2.05, 4.69) is 130 Å². The summed E-state index contributed by atoms with van der Waals surface area (Å²) in [5.74, 6) is 0. The molecule has 41 heavy (non-hydrogen) atoms. The van der Waals surface area contributed by atoms with E-state index in [9.17, 15) is 0 Å². The molecule has 1 spiro atoms. The Kier molecular flexibility index (Phi) is 5.43. The van der Waals surface area contributed by atoms with Crippen LogP contribution in [0.3, 0.4) is 0 Å². The summed E-state index contributed by atoms with van der Waals surface area (Å²) in [6.45, 7) is 23.5. The highest BCUT2D eigenvalue weighted by Gasteiger charge is 2.47. The van der Waals surface area contributed by atoms with Gasteiger partial charge in [-0.2, -0.15) is 0 Å². The van der Waals surface area contributed by atoms with E-state index in [1.807, 2.05) is 0 Å². The molecule has 2 aliphatic carbocycles. The fraction of sp³-hybridized carbons (Fsp3) is 0.268. The van der Waals surface area contributed by atoms with E-state index in [4.69, 9.17) is 0 Å². The Labute approximate surface area is 245 Å². The first-order chi connectivity index (χ1) is 19.5. The molecule has 7 rings (SSSR count). The van der Waals surface area contributed by atoms with Crippen molar-refractivity contribution < 1.29 is 0 Å².